The Morgan fingerprint density at radius 1 is 1.11 bits per heavy atom. The molecule has 1 unspecified atom stereocenters. The zero-order chi connectivity index (χ0) is 14.0. The molecule has 0 aromatic heterocycles. The molecule has 0 rings (SSSR count). The highest BCUT2D eigenvalue weighted by molar-refractivity contribution is 5.79. The van der Waals surface area contributed by atoms with Crippen molar-refractivity contribution in [2.45, 2.75) is 59.8 Å². The van der Waals surface area contributed by atoms with E-state index >= 15 is 0 Å². The van der Waals surface area contributed by atoms with Crippen LogP contribution in [0.1, 0.15) is 59.8 Å². The summed E-state index contributed by atoms with van der Waals surface area (Å²) in [6.07, 6.45) is 5.35. The number of amides is 1. The minimum Gasteiger partial charge on any atom is -0.342 e. The molecule has 0 aliphatic carbocycles. The van der Waals surface area contributed by atoms with Crippen molar-refractivity contribution in [1.29, 1.82) is 0 Å². The topological polar surface area (TPSA) is 46.3 Å². The molecule has 0 saturated heterocycles. The van der Waals surface area contributed by atoms with E-state index in [1.54, 1.807) is 0 Å². The number of nitrogens with zero attached hydrogens (tertiary/aromatic N) is 1. The lowest BCUT2D eigenvalue weighted by Crippen LogP contribution is -2.40. The zero-order valence-electron chi connectivity index (χ0n) is 12.7. The van der Waals surface area contributed by atoms with Crippen LogP contribution >= 0.6 is 0 Å². The summed E-state index contributed by atoms with van der Waals surface area (Å²) in [4.78, 5) is 14.5. The maximum Gasteiger partial charge on any atom is 0.226 e. The van der Waals surface area contributed by atoms with Gasteiger partial charge in [-0.15, -0.1) is 0 Å². The van der Waals surface area contributed by atoms with E-state index in [2.05, 4.69) is 27.7 Å². The molecule has 0 saturated carbocycles. The maximum absolute atomic E-state index is 12.5. The molecule has 0 aromatic rings. The molecule has 3 heteroatoms. The van der Waals surface area contributed by atoms with Gasteiger partial charge in [0.1, 0.15) is 0 Å². The summed E-state index contributed by atoms with van der Waals surface area (Å²) in [6, 6.07) is 0. The average Bonchev–Trinajstić information content (AvgIpc) is 2.35. The smallest absolute Gasteiger partial charge is 0.226 e. The molecular formula is C15H32N2O. The van der Waals surface area contributed by atoms with Gasteiger partial charge < -0.3 is 10.6 Å². The molecule has 0 radical (unpaired) electrons. The molecule has 0 fully saturated rings. The Balaban J connectivity index is 4.47. The first kappa shape index (κ1) is 17.4. The Bertz CT molecular complexity index is 209. The molecule has 0 aliphatic rings. The van der Waals surface area contributed by atoms with Crippen LogP contribution in [0.5, 0.6) is 0 Å². The van der Waals surface area contributed by atoms with Gasteiger partial charge in [0, 0.05) is 19.6 Å². The third-order valence-corrected chi connectivity index (χ3v) is 3.26. The first-order valence-electron chi connectivity index (χ1n) is 7.55. The molecule has 2 N–H and O–H groups in total. The van der Waals surface area contributed by atoms with E-state index in [1.165, 1.54) is 0 Å². The normalized spacial score (nSPS) is 12.8. The molecule has 1 amide bonds. The van der Waals surface area contributed by atoms with Gasteiger partial charge in [-0.3, -0.25) is 4.79 Å². The van der Waals surface area contributed by atoms with Gasteiger partial charge in [-0.05, 0) is 25.2 Å². The van der Waals surface area contributed by atoms with Crippen LogP contribution in [0.15, 0.2) is 0 Å². The van der Waals surface area contributed by atoms with Crippen LogP contribution < -0.4 is 5.73 Å². The molecule has 108 valence electrons. The van der Waals surface area contributed by atoms with Gasteiger partial charge in [0.2, 0.25) is 5.91 Å². The average molecular weight is 256 g/mol. The summed E-state index contributed by atoms with van der Waals surface area (Å²) < 4.78 is 0. The molecule has 0 bridgehead atoms. The number of nitrogens with two attached hydrogens (primary N) is 1. The van der Waals surface area contributed by atoms with E-state index < -0.39 is 0 Å². The zero-order valence-corrected chi connectivity index (χ0v) is 12.7. The van der Waals surface area contributed by atoms with Gasteiger partial charge in [-0.1, -0.05) is 40.5 Å². The van der Waals surface area contributed by atoms with E-state index in [0.717, 1.165) is 45.2 Å². The lowest BCUT2D eigenvalue weighted by atomic mass is 9.95. The predicted molar refractivity (Wildman–Crippen MR) is 78.4 cm³/mol. The van der Waals surface area contributed by atoms with Crippen molar-refractivity contribution in [2.75, 3.05) is 19.6 Å². The molecule has 3 nitrogen and oxygen atoms in total. The Hall–Kier alpha value is -0.570. The molecule has 0 spiro atoms. The van der Waals surface area contributed by atoms with Crippen molar-refractivity contribution in [1.82, 2.24) is 4.90 Å². The second-order valence-corrected chi connectivity index (χ2v) is 5.59. The van der Waals surface area contributed by atoms with E-state index in [1.807, 2.05) is 4.90 Å². The highest BCUT2D eigenvalue weighted by Crippen LogP contribution is 2.15. The van der Waals surface area contributed by atoms with Crippen molar-refractivity contribution in [3.8, 4) is 0 Å². The highest BCUT2D eigenvalue weighted by atomic mass is 16.2. The van der Waals surface area contributed by atoms with Crippen LogP contribution in [0.25, 0.3) is 0 Å². The van der Waals surface area contributed by atoms with Crippen LogP contribution in [0.2, 0.25) is 0 Å². The van der Waals surface area contributed by atoms with Crippen LogP contribution in [0.4, 0.5) is 0 Å². The van der Waals surface area contributed by atoms with Gasteiger partial charge in [0.15, 0.2) is 0 Å². The lowest BCUT2D eigenvalue weighted by Gasteiger charge is -2.27. The van der Waals surface area contributed by atoms with Crippen molar-refractivity contribution in [2.24, 2.45) is 17.6 Å². The fraction of sp³-hybridized carbons (Fsp3) is 0.933. The summed E-state index contributed by atoms with van der Waals surface area (Å²) in [7, 11) is 0. The van der Waals surface area contributed by atoms with Crippen molar-refractivity contribution < 1.29 is 4.79 Å². The summed E-state index contributed by atoms with van der Waals surface area (Å²) in [5, 5.41) is 0. The summed E-state index contributed by atoms with van der Waals surface area (Å²) in [5.41, 5.74) is 5.77. The van der Waals surface area contributed by atoms with Crippen LogP contribution in [0.3, 0.4) is 0 Å². The van der Waals surface area contributed by atoms with Gasteiger partial charge in [0.05, 0.1) is 5.92 Å². The van der Waals surface area contributed by atoms with Crippen LogP contribution in [-0.2, 0) is 4.79 Å². The number of carbonyl (C=O) groups is 1. The fourth-order valence-corrected chi connectivity index (χ4v) is 2.16. The minimum absolute atomic E-state index is 0.0127. The number of hydrogen-bond acceptors (Lipinski definition) is 2. The standard InChI is InChI=1S/C15H32N2O/c1-5-7-9-17(10-8-6-2)15(18)14(12-16)11-13(3)4/h13-14H,5-12,16H2,1-4H3. The lowest BCUT2D eigenvalue weighted by molar-refractivity contribution is -0.135. The molecular weight excluding hydrogens is 224 g/mol. The summed E-state index contributed by atoms with van der Waals surface area (Å²) in [6.45, 7) is 10.9. The monoisotopic (exact) mass is 256 g/mol. The predicted octanol–water partition coefficient (Wildman–Crippen LogP) is 3.04. The fourth-order valence-electron chi connectivity index (χ4n) is 2.16. The highest BCUT2D eigenvalue weighted by Gasteiger charge is 2.23. The maximum atomic E-state index is 12.5. The largest absolute Gasteiger partial charge is 0.342 e. The first-order valence-corrected chi connectivity index (χ1v) is 7.55. The number of unbranched alkanes of at least 4 members (excludes halogenated alkanes) is 2. The second-order valence-electron chi connectivity index (χ2n) is 5.59. The van der Waals surface area contributed by atoms with E-state index in [9.17, 15) is 4.79 Å². The molecule has 0 aromatic carbocycles. The number of hydrogen-bond donors (Lipinski definition) is 1. The minimum atomic E-state index is 0.0127. The van der Waals surface area contributed by atoms with Gasteiger partial charge in [0.25, 0.3) is 0 Å². The Morgan fingerprint density at radius 3 is 1.94 bits per heavy atom. The third-order valence-electron chi connectivity index (χ3n) is 3.26. The Labute approximate surface area is 113 Å². The van der Waals surface area contributed by atoms with E-state index in [0.29, 0.717) is 12.5 Å². The van der Waals surface area contributed by atoms with E-state index in [-0.39, 0.29) is 11.8 Å². The molecule has 1 atom stereocenters. The Morgan fingerprint density at radius 2 is 1.61 bits per heavy atom. The van der Waals surface area contributed by atoms with Crippen molar-refractivity contribution in [3.63, 3.8) is 0 Å². The summed E-state index contributed by atoms with van der Waals surface area (Å²) >= 11 is 0. The van der Waals surface area contributed by atoms with Crippen LogP contribution in [0, 0.1) is 11.8 Å². The number of carbonyl (C=O) groups excluding carboxylic acids is 1. The molecule has 0 heterocycles. The quantitative estimate of drug-likeness (QED) is 0.653. The van der Waals surface area contributed by atoms with Gasteiger partial charge in [-0.25, -0.2) is 0 Å². The summed E-state index contributed by atoms with van der Waals surface area (Å²) in [5.74, 6) is 0.813. The molecule has 18 heavy (non-hydrogen) atoms. The molecule has 0 aliphatic heterocycles. The first-order chi connectivity index (χ1) is 8.56. The second kappa shape index (κ2) is 10.4. The van der Waals surface area contributed by atoms with Crippen molar-refractivity contribution >= 4 is 5.91 Å². The Kier molecular flexibility index (Phi) is 10.0. The van der Waals surface area contributed by atoms with E-state index in [4.69, 9.17) is 5.73 Å². The van der Waals surface area contributed by atoms with Crippen molar-refractivity contribution in [3.05, 3.63) is 0 Å². The van der Waals surface area contributed by atoms with Crippen LogP contribution in [-0.4, -0.2) is 30.4 Å². The van der Waals surface area contributed by atoms with Gasteiger partial charge >= 0.3 is 0 Å². The number of rotatable bonds is 10. The third kappa shape index (κ3) is 7.00. The SMILES string of the molecule is CCCCN(CCCC)C(=O)C(CN)CC(C)C. The van der Waals surface area contributed by atoms with Gasteiger partial charge in [-0.2, -0.15) is 0 Å².